The van der Waals surface area contributed by atoms with Crippen LogP contribution in [0.4, 0.5) is 10.5 Å². The van der Waals surface area contributed by atoms with Gasteiger partial charge in [-0.15, -0.1) is 15.7 Å². The molecule has 1 aromatic heterocycles. The summed E-state index contributed by atoms with van der Waals surface area (Å²) in [6.07, 6.45) is 8.81. The fourth-order valence-corrected chi connectivity index (χ4v) is 7.79. The topological polar surface area (TPSA) is 93.8 Å². The van der Waals surface area contributed by atoms with Crippen molar-refractivity contribution in [3.8, 4) is 0 Å². The van der Waals surface area contributed by atoms with Crippen molar-refractivity contribution in [2.75, 3.05) is 12.4 Å². The van der Waals surface area contributed by atoms with Crippen molar-refractivity contribution in [1.82, 2.24) is 0 Å². The van der Waals surface area contributed by atoms with Gasteiger partial charge in [0.15, 0.2) is 9.92 Å². The van der Waals surface area contributed by atoms with Gasteiger partial charge >= 0.3 is 6.03 Å². The van der Waals surface area contributed by atoms with E-state index >= 15 is 0 Å². The van der Waals surface area contributed by atoms with E-state index in [4.69, 9.17) is 9.88 Å². The maximum atomic E-state index is 13.3. The van der Waals surface area contributed by atoms with E-state index in [2.05, 4.69) is 15.7 Å². The zero-order valence-electron chi connectivity index (χ0n) is 17.2. The predicted octanol–water partition coefficient (Wildman–Crippen LogP) is 4.16. The molecule has 0 fully saturated rings. The van der Waals surface area contributed by atoms with Crippen LogP contribution in [0.1, 0.15) is 52.6 Å². The number of thiophene rings is 1. The maximum absolute atomic E-state index is 13.3. The monoisotopic (exact) mass is 445 g/mol. The van der Waals surface area contributed by atoms with Crippen LogP contribution in [0.25, 0.3) is 0 Å². The molecule has 5 rings (SSSR count). The molecular formula is C22H27N3O3S2. The molecule has 0 saturated carbocycles. The number of urea groups is 1. The average Bonchev–Trinajstić information content (AvgIpc) is 3.45. The molecule has 2 amide bonds. The SMILES string of the molecule is CO[C@H]1CCc2csc(S(N)(=O)=NC(=O)Nc3c4c(cc5c3CCC5)CCC4)c2C1. The number of nitrogens with two attached hydrogens (primary N) is 1. The largest absolute Gasteiger partial charge is 0.381 e. The Bertz CT molecular complexity index is 1110. The molecule has 3 aliphatic carbocycles. The van der Waals surface area contributed by atoms with E-state index in [9.17, 15) is 9.00 Å². The zero-order valence-corrected chi connectivity index (χ0v) is 18.8. The Morgan fingerprint density at radius 1 is 1.13 bits per heavy atom. The van der Waals surface area contributed by atoms with Gasteiger partial charge in [0.05, 0.1) is 6.10 Å². The van der Waals surface area contributed by atoms with Crippen LogP contribution in [0, 0.1) is 0 Å². The lowest BCUT2D eigenvalue weighted by Gasteiger charge is -2.22. The van der Waals surface area contributed by atoms with E-state index in [0.29, 0.717) is 10.6 Å². The summed E-state index contributed by atoms with van der Waals surface area (Å²) in [6, 6.07) is 1.70. The molecule has 3 aliphatic rings. The van der Waals surface area contributed by atoms with Crippen LogP contribution in [0.15, 0.2) is 20.0 Å². The summed E-state index contributed by atoms with van der Waals surface area (Å²) in [5, 5.41) is 11.1. The van der Waals surface area contributed by atoms with Gasteiger partial charge < -0.3 is 10.1 Å². The van der Waals surface area contributed by atoms with Gasteiger partial charge in [-0.05, 0) is 90.1 Å². The number of fused-ring (bicyclic) bond motifs is 3. The number of amides is 2. The second-order valence-electron chi connectivity index (χ2n) is 8.45. The second-order valence-corrected chi connectivity index (χ2v) is 11.3. The fourth-order valence-electron chi connectivity index (χ4n) is 5.18. The van der Waals surface area contributed by atoms with Crippen molar-refractivity contribution in [2.24, 2.45) is 9.50 Å². The summed E-state index contributed by atoms with van der Waals surface area (Å²) in [6.45, 7) is 0. The average molecular weight is 446 g/mol. The molecular weight excluding hydrogens is 418 g/mol. The number of nitrogens with one attached hydrogen (secondary N) is 1. The normalized spacial score (nSPS) is 21.5. The minimum Gasteiger partial charge on any atom is -0.381 e. The highest BCUT2D eigenvalue weighted by molar-refractivity contribution is 7.93. The number of ether oxygens (including phenoxy) is 1. The molecule has 0 aliphatic heterocycles. The summed E-state index contributed by atoms with van der Waals surface area (Å²) < 4.78 is 23.3. The number of hydrogen-bond donors (Lipinski definition) is 2. The van der Waals surface area contributed by atoms with Crippen LogP contribution >= 0.6 is 11.3 Å². The first-order valence-corrected chi connectivity index (χ1v) is 13.1. The molecule has 1 heterocycles. The number of aryl methyl sites for hydroxylation is 3. The number of nitrogens with zero attached hydrogens (tertiary/aromatic N) is 1. The third-order valence-electron chi connectivity index (χ3n) is 6.63. The molecule has 160 valence electrons. The fraction of sp³-hybridized carbons (Fsp3) is 0.500. The minimum absolute atomic E-state index is 0.0874. The van der Waals surface area contributed by atoms with Gasteiger partial charge in [0, 0.05) is 19.2 Å². The van der Waals surface area contributed by atoms with Crippen molar-refractivity contribution in [1.29, 1.82) is 0 Å². The van der Waals surface area contributed by atoms with E-state index < -0.39 is 15.9 Å². The van der Waals surface area contributed by atoms with Gasteiger partial charge in [-0.25, -0.2) is 14.1 Å². The number of methoxy groups -OCH3 is 1. The van der Waals surface area contributed by atoms with Crippen molar-refractivity contribution < 1.29 is 13.7 Å². The molecule has 0 saturated heterocycles. The summed E-state index contributed by atoms with van der Waals surface area (Å²) in [5.41, 5.74) is 8.10. The third kappa shape index (κ3) is 3.49. The number of hydrogen-bond acceptors (Lipinski definition) is 4. The van der Waals surface area contributed by atoms with Crippen molar-refractivity contribution in [3.05, 3.63) is 44.8 Å². The number of anilines is 1. The third-order valence-corrected chi connectivity index (χ3v) is 9.71. The zero-order chi connectivity index (χ0) is 20.9. The molecule has 6 nitrogen and oxygen atoms in total. The molecule has 1 unspecified atom stereocenters. The van der Waals surface area contributed by atoms with E-state index in [-0.39, 0.29) is 6.10 Å². The van der Waals surface area contributed by atoms with Crippen molar-refractivity contribution in [3.63, 3.8) is 0 Å². The Morgan fingerprint density at radius 2 is 1.83 bits per heavy atom. The molecule has 8 heteroatoms. The van der Waals surface area contributed by atoms with Crippen LogP contribution in [0.5, 0.6) is 0 Å². The smallest absolute Gasteiger partial charge is 0.354 e. The lowest BCUT2D eigenvalue weighted by Crippen LogP contribution is -2.24. The van der Waals surface area contributed by atoms with Gasteiger partial charge in [0.2, 0.25) is 0 Å². The molecule has 2 atom stereocenters. The lowest BCUT2D eigenvalue weighted by atomic mass is 9.93. The van der Waals surface area contributed by atoms with Gasteiger partial charge in [0.1, 0.15) is 4.21 Å². The first-order chi connectivity index (χ1) is 14.5. The summed E-state index contributed by atoms with van der Waals surface area (Å²) in [4.78, 5) is 12.9. The molecule has 1 aromatic carbocycles. The van der Waals surface area contributed by atoms with Crippen LogP contribution in [-0.4, -0.2) is 23.5 Å². The second kappa shape index (κ2) is 7.75. The van der Waals surface area contributed by atoms with Crippen LogP contribution in [0.3, 0.4) is 0 Å². The van der Waals surface area contributed by atoms with Crippen molar-refractivity contribution >= 4 is 33.0 Å². The van der Waals surface area contributed by atoms with E-state index in [1.54, 1.807) is 7.11 Å². The Hall–Kier alpha value is -1.74. The van der Waals surface area contributed by atoms with Gasteiger partial charge in [-0.1, -0.05) is 6.07 Å². The van der Waals surface area contributed by atoms with Crippen LogP contribution < -0.4 is 10.5 Å². The van der Waals surface area contributed by atoms with Gasteiger partial charge in [-0.3, -0.25) is 0 Å². The van der Waals surface area contributed by atoms with E-state index in [0.717, 1.165) is 68.2 Å². The molecule has 2 aromatic rings. The van der Waals surface area contributed by atoms with E-state index in [1.165, 1.54) is 33.6 Å². The number of benzene rings is 1. The lowest BCUT2D eigenvalue weighted by molar-refractivity contribution is 0.0907. The first-order valence-electron chi connectivity index (χ1n) is 10.6. The number of rotatable bonds is 3. The van der Waals surface area contributed by atoms with Crippen LogP contribution in [-0.2, 0) is 53.2 Å². The highest BCUT2D eigenvalue weighted by Crippen LogP contribution is 2.39. The Morgan fingerprint density at radius 3 is 2.50 bits per heavy atom. The molecule has 0 spiro atoms. The van der Waals surface area contributed by atoms with Gasteiger partial charge in [-0.2, -0.15) is 0 Å². The van der Waals surface area contributed by atoms with Crippen LogP contribution in [0.2, 0.25) is 0 Å². The van der Waals surface area contributed by atoms with Gasteiger partial charge in [0.25, 0.3) is 0 Å². The summed E-state index contributed by atoms with van der Waals surface area (Å²) >= 11 is 1.34. The number of carbonyl (C=O) groups is 1. The maximum Gasteiger partial charge on any atom is 0.354 e. The predicted molar refractivity (Wildman–Crippen MR) is 120 cm³/mol. The molecule has 3 N–H and O–H groups in total. The standard InChI is InChI=1S/C22H27N3O3S2/c1-28-16-9-8-15-12-29-21(19(15)11-16)30(23,27)25-22(26)24-20-17-6-2-4-13(17)10-14-5-3-7-18(14)20/h10,12,16H,2-9,11H2,1H3,(H3,23,24,25,26,27)/t16-,30?/m0/s1. The quantitative estimate of drug-likeness (QED) is 0.743. The van der Waals surface area contributed by atoms with Crippen molar-refractivity contribution in [2.45, 2.75) is 68.1 Å². The number of carbonyl (C=O) groups excluding carboxylic acids is 1. The Labute approximate surface area is 181 Å². The van der Waals surface area contributed by atoms with E-state index in [1.807, 2.05) is 5.38 Å². The summed E-state index contributed by atoms with van der Waals surface area (Å²) in [5.74, 6) is 0. The highest BCUT2D eigenvalue weighted by Gasteiger charge is 2.28. The Kier molecular flexibility index (Phi) is 5.21. The molecule has 30 heavy (non-hydrogen) atoms. The highest BCUT2D eigenvalue weighted by atomic mass is 32.2. The molecule has 0 bridgehead atoms. The summed E-state index contributed by atoms with van der Waals surface area (Å²) in [7, 11) is -1.62. The Balaban J connectivity index is 1.47. The minimum atomic E-state index is -3.31. The first kappa shape index (κ1) is 20.2. The molecule has 0 radical (unpaired) electrons.